The molecule has 4 N–H and O–H groups in total. The smallest absolute Gasteiger partial charge is 0.182 e. The molecule has 0 radical (unpaired) electrons. The molecule has 11 heavy (non-hydrogen) atoms. The summed E-state index contributed by atoms with van der Waals surface area (Å²) in [5, 5.41) is 24.0. The van der Waals surface area contributed by atoms with E-state index in [9.17, 15) is 10.2 Å². The Kier molecular flexibility index (Phi) is 4.84. The lowest BCUT2D eigenvalue weighted by Crippen LogP contribution is -2.50. The Morgan fingerprint density at radius 1 is 1.36 bits per heavy atom. The van der Waals surface area contributed by atoms with Crippen LogP contribution in [0.5, 0.6) is 0 Å². The summed E-state index contributed by atoms with van der Waals surface area (Å²) in [5.41, 5.74) is -0.908. The highest BCUT2D eigenvalue weighted by molar-refractivity contribution is 6.38. The summed E-state index contributed by atoms with van der Waals surface area (Å²) in [4.78, 5) is 0. The Hall–Kier alpha value is 0.0348. The van der Waals surface area contributed by atoms with E-state index in [0.29, 0.717) is 13.1 Å². The Balaban J connectivity index is 3.38. The number of hydrogen-bond donors (Lipinski definition) is 4. The minimum Gasteiger partial charge on any atom is -0.394 e. The molecule has 0 aromatic heterocycles. The normalized spacial score (nSPS) is 14.7. The minimum absolute atomic E-state index is 0.393. The van der Waals surface area contributed by atoms with E-state index < -0.39 is 11.6 Å². The summed E-state index contributed by atoms with van der Waals surface area (Å²) in [6.45, 7) is 0.924. The van der Waals surface area contributed by atoms with E-state index in [1.54, 1.807) is 23.7 Å². The lowest BCUT2D eigenvalue weighted by Gasteiger charge is -2.21. The van der Waals surface area contributed by atoms with Gasteiger partial charge < -0.3 is 20.8 Å². The average Bonchev–Trinajstić information content (AvgIpc) is 1.83. The van der Waals surface area contributed by atoms with E-state index in [4.69, 9.17) is 0 Å². The van der Waals surface area contributed by atoms with Gasteiger partial charge in [-0.25, -0.2) is 0 Å². The molecular formula is C4H15B3N2O2. The van der Waals surface area contributed by atoms with Gasteiger partial charge in [0.15, 0.2) is 7.98 Å². The zero-order valence-electron chi connectivity index (χ0n) is 7.39. The van der Waals surface area contributed by atoms with E-state index >= 15 is 0 Å². The number of aliphatic hydroxyl groups is 2. The van der Waals surface area contributed by atoms with Gasteiger partial charge in [0.2, 0.25) is 0 Å². The van der Waals surface area contributed by atoms with Crippen molar-refractivity contribution in [3.05, 3.63) is 0 Å². The lowest BCUT2D eigenvalue weighted by molar-refractivity contribution is 0.125. The molecule has 0 bridgehead atoms. The van der Waals surface area contributed by atoms with Crippen molar-refractivity contribution in [1.29, 1.82) is 0 Å². The monoisotopic (exact) mass is 156 g/mol. The summed E-state index contributed by atoms with van der Waals surface area (Å²) in [6.07, 6.45) is -0.452. The molecule has 1 atom stereocenters. The van der Waals surface area contributed by atoms with Crippen molar-refractivity contribution in [3.8, 4) is 0 Å². The molecule has 62 valence electrons. The van der Waals surface area contributed by atoms with E-state index in [1.807, 2.05) is 0 Å². The molecule has 0 aliphatic carbocycles. The van der Waals surface area contributed by atoms with Crippen LogP contribution in [-0.2, 0) is 0 Å². The molecule has 0 saturated carbocycles. The maximum absolute atomic E-state index is 9.19. The molecule has 4 nitrogen and oxygen atoms in total. The lowest BCUT2D eigenvalue weighted by atomic mass is 9.73. The summed E-state index contributed by atoms with van der Waals surface area (Å²) in [7, 11) is 5.05. The van der Waals surface area contributed by atoms with Crippen LogP contribution in [0.1, 0.15) is 0 Å². The highest BCUT2D eigenvalue weighted by Gasteiger charge is 2.12. The second-order valence-electron chi connectivity index (χ2n) is 3.15. The molecule has 0 fully saturated rings. The molecule has 0 saturated heterocycles. The van der Waals surface area contributed by atoms with Gasteiger partial charge in [0, 0.05) is 18.6 Å². The highest BCUT2D eigenvalue weighted by atomic mass is 16.3. The predicted octanol–water partition coefficient (Wildman–Crippen LogP) is -5.06. The topological polar surface area (TPSA) is 64.5 Å². The van der Waals surface area contributed by atoms with E-state index in [-0.39, 0.29) is 0 Å². The second-order valence-corrected chi connectivity index (χ2v) is 3.15. The maximum atomic E-state index is 9.19. The SMILES string of the molecule is BNCC(O)CNC(B)(B)O. The van der Waals surface area contributed by atoms with Crippen molar-refractivity contribution >= 4 is 23.7 Å². The van der Waals surface area contributed by atoms with Crippen LogP contribution >= 0.6 is 0 Å². The quantitative estimate of drug-likeness (QED) is 0.237. The first-order chi connectivity index (χ1) is 4.95. The van der Waals surface area contributed by atoms with Crippen molar-refractivity contribution in [2.75, 3.05) is 13.1 Å². The number of nitrogens with one attached hydrogen (secondary N) is 2. The van der Waals surface area contributed by atoms with Crippen molar-refractivity contribution in [3.63, 3.8) is 0 Å². The van der Waals surface area contributed by atoms with Crippen molar-refractivity contribution in [1.82, 2.24) is 10.5 Å². The van der Waals surface area contributed by atoms with Crippen LogP contribution < -0.4 is 10.5 Å². The van der Waals surface area contributed by atoms with Crippen LogP contribution in [0.15, 0.2) is 0 Å². The summed E-state index contributed by atoms with van der Waals surface area (Å²) < 4.78 is 0. The van der Waals surface area contributed by atoms with Crippen molar-refractivity contribution in [2.24, 2.45) is 0 Å². The van der Waals surface area contributed by atoms with Crippen LogP contribution in [-0.4, -0.2) is 58.6 Å². The molecular weight excluding hydrogens is 140 g/mol. The van der Waals surface area contributed by atoms with Gasteiger partial charge in [0.05, 0.1) is 6.10 Å². The van der Waals surface area contributed by atoms with Gasteiger partial charge in [0.1, 0.15) is 15.7 Å². The van der Waals surface area contributed by atoms with E-state index in [2.05, 4.69) is 10.5 Å². The van der Waals surface area contributed by atoms with E-state index in [1.165, 1.54) is 0 Å². The maximum Gasteiger partial charge on any atom is 0.182 e. The Morgan fingerprint density at radius 3 is 2.27 bits per heavy atom. The van der Waals surface area contributed by atoms with Crippen LogP contribution in [0.25, 0.3) is 0 Å². The van der Waals surface area contributed by atoms with Gasteiger partial charge in [-0.15, -0.1) is 0 Å². The molecule has 0 aliphatic rings. The third-order valence-electron chi connectivity index (χ3n) is 1.21. The number of hydrogen-bond acceptors (Lipinski definition) is 4. The standard InChI is InChI=1S/C4H15B3N2O2/c5-4(6,11)8-1-3(10)2-9-7/h3,8-11H,1-2,5-7H2. The molecule has 0 heterocycles. The molecule has 0 aromatic carbocycles. The fourth-order valence-electron chi connectivity index (χ4n) is 0.675. The van der Waals surface area contributed by atoms with Gasteiger partial charge in [-0.1, -0.05) is 0 Å². The van der Waals surface area contributed by atoms with Crippen molar-refractivity contribution in [2.45, 2.75) is 11.6 Å². The molecule has 0 amide bonds. The summed E-state index contributed by atoms with van der Waals surface area (Å²) in [5.74, 6) is 0. The van der Waals surface area contributed by atoms with Crippen molar-refractivity contribution < 1.29 is 10.2 Å². The third kappa shape index (κ3) is 7.94. The van der Waals surface area contributed by atoms with Crippen LogP contribution in [0.4, 0.5) is 0 Å². The number of aliphatic hydroxyl groups excluding tert-OH is 1. The first kappa shape index (κ1) is 11.0. The minimum atomic E-state index is -0.908. The number of rotatable bonds is 5. The van der Waals surface area contributed by atoms with E-state index in [0.717, 1.165) is 0 Å². The Bertz CT molecular complexity index is 108. The molecule has 0 rings (SSSR count). The largest absolute Gasteiger partial charge is 0.394 e. The molecule has 1 unspecified atom stereocenters. The first-order valence-corrected chi connectivity index (χ1v) is 3.76. The molecule has 7 heteroatoms. The van der Waals surface area contributed by atoms with Crippen LogP contribution in [0.3, 0.4) is 0 Å². The average molecular weight is 156 g/mol. The Labute approximate surface area is 70.0 Å². The van der Waals surface area contributed by atoms with Gasteiger partial charge >= 0.3 is 0 Å². The first-order valence-electron chi connectivity index (χ1n) is 3.76. The molecule has 0 aromatic rings. The molecule has 0 aliphatic heterocycles. The zero-order chi connectivity index (χ0) is 8.91. The molecule has 0 spiro atoms. The highest BCUT2D eigenvalue weighted by Crippen LogP contribution is 1.84. The van der Waals surface area contributed by atoms with Crippen LogP contribution in [0, 0.1) is 0 Å². The predicted molar refractivity (Wildman–Crippen MR) is 52.6 cm³/mol. The van der Waals surface area contributed by atoms with Gasteiger partial charge in [-0.05, 0) is 0 Å². The summed E-state index contributed by atoms with van der Waals surface area (Å²) >= 11 is 0. The summed E-state index contributed by atoms with van der Waals surface area (Å²) in [6, 6.07) is 0. The Morgan fingerprint density at radius 2 is 1.91 bits per heavy atom. The fourth-order valence-corrected chi connectivity index (χ4v) is 0.675. The zero-order valence-corrected chi connectivity index (χ0v) is 7.39. The van der Waals surface area contributed by atoms with Gasteiger partial charge in [-0.2, -0.15) is 0 Å². The van der Waals surface area contributed by atoms with Crippen LogP contribution in [0.2, 0.25) is 0 Å². The fraction of sp³-hybridized carbons (Fsp3) is 1.00. The van der Waals surface area contributed by atoms with Gasteiger partial charge in [0.25, 0.3) is 0 Å². The van der Waals surface area contributed by atoms with Gasteiger partial charge in [-0.3, -0.25) is 0 Å². The third-order valence-corrected chi connectivity index (χ3v) is 1.21. The second kappa shape index (κ2) is 4.82.